The minimum absolute atomic E-state index is 0.656. The fourth-order valence-electron chi connectivity index (χ4n) is 3.25. The maximum absolute atomic E-state index is 4.48. The first-order chi connectivity index (χ1) is 10.9. The third-order valence-corrected chi connectivity index (χ3v) is 4.72. The maximum atomic E-state index is 4.48. The van der Waals surface area contributed by atoms with Crippen LogP contribution in [0, 0.1) is 0 Å². The van der Waals surface area contributed by atoms with Crippen LogP contribution in [-0.4, -0.2) is 9.97 Å². The topological polar surface area (TPSA) is 28.7 Å². The Balaban J connectivity index is 2.01. The Kier molecular flexibility index (Phi) is 12.1. The molecule has 0 aromatic carbocycles. The summed E-state index contributed by atoms with van der Waals surface area (Å²) in [4.78, 5) is 7.80. The molecule has 2 heteroatoms. The van der Waals surface area contributed by atoms with Gasteiger partial charge in [0.05, 0.1) is 0 Å². The van der Waals surface area contributed by atoms with Crippen LogP contribution in [0.2, 0.25) is 0 Å². The minimum Gasteiger partial charge on any atom is -0.348 e. The van der Waals surface area contributed by atoms with E-state index in [4.69, 9.17) is 0 Å². The van der Waals surface area contributed by atoms with Crippen LogP contribution in [-0.2, 0) is 0 Å². The number of nitrogens with one attached hydrogen (secondary N) is 1. The third kappa shape index (κ3) is 9.27. The number of imidazole rings is 1. The lowest BCUT2D eigenvalue weighted by molar-refractivity contribution is 0.484. The molecule has 1 aromatic heterocycles. The average Bonchev–Trinajstić information content (AvgIpc) is 3.06. The highest BCUT2D eigenvalue weighted by Crippen LogP contribution is 2.25. The number of unbranched alkanes of at least 4 members (excludes halogenated alkanes) is 10. The van der Waals surface area contributed by atoms with Gasteiger partial charge in [-0.1, -0.05) is 90.9 Å². The van der Waals surface area contributed by atoms with Gasteiger partial charge in [-0.25, -0.2) is 4.98 Å². The normalized spacial score (nSPS) is 12.6. The Morgan fingerprint density at radius 2 is 1.32 bits per heavy atom. The molecule has 0 aliphatic heterocycles. The monoisotopic (exact) mass is 306 g/mol. The molecule has 0 fully saturated rings. The number of rotatable bonds is 15. The number of nitrogens with zero attached hydrogens (tertiary/aromatic N) is 1. The van der Waals surface area contributed by atoms with Crippen molar-refractivity contribution in [3.8, 4) is 0 Å². The van der Waals surface area contributed by atoms with E-state index in [2.05, 4.69) is 23.8 Å². The summed E-state index contributed by atoms with van der Waals surface area (Å²) in [6, 6.07) is 0. The zero-order chi connectivity index (χ0) is 15.9. The molecule has 0 amide bonds. The summed E-state index contributed by atoms with van der Waals surface area (Å²) in [7, 11) is 0. The highest BCUT2D eigenvalue weighted by Gasteiger charge is 2.12. The van der Waals surface area contributed by atoms with E-state index >= 15 is 0 Å². The second-order valence-corrected chi connectivity index (χ2v) is 6.78. The molecule has 0 bridgehead atoms. The highest BCUT2D eigenvalue weighted by atomic mass is 14.9. The predicted octanol–water partition coefficient (Wildman–Crippen LogP) is 6.99. The molecule has 0 saturated heterocycles. The van der Waals surface area contributed by atoms with Crippen molar-refractivity contribution >= 4 is 0 Å². The minimum atomic E-state index is 0.656. The van der Waals surface area contributed by atoms with Crippen LogP contribution in [0.1, 0.15) is 115 Å². The summed E-state index contributed by atoms with van der Waals surface area (Å²) < 4.78 is 0. The Morgan fingerprint density at radius 1 is 0.773 bits per heavy atom. The van der Waals surface area contributed by atoms with Crippen LogP contribution >= 0.6 is 0 Å². The van der Waals surface area contributed by atoms with Gasteiger partial charge in [-0.15, -0.1) is 0 Å². The first kappa shape index (κ1) is 19.3. The van der Waals surface area contributed by atoms with Gasteiger partial charge in [0.15, 0.2) is 0 Å². The van der Waals surface area contributed by atoms with E-state index in [0.717, 1.165) is 0 Å². The van der Waals surface area contributed by atoms with Crippen molar-refractivity contribution in [1.82, 2.24) is 9.97 Å². The largest absolute Gasteiger partial charge is 0.348 e. The second kappa shape index (κ2) is 13.8. The summed E-state index contributed by atoms with van der Waals surface area (Å²) in [5.41, 5.74) is 0. The van der Waals surface area contributed by atoms with Gasteiger partial charge in [-0.3, -0.25) is 0 Å². The van der Waals surface area contributed by atoms with E-state index in [1.807, 2.05) is 12.4 Å². The van der Waals surface area contributed by atoms with E-state index in [0.29, 0.717) is 5.92 Å². The molecular formula is C20H38N2. The molecule has 1 heterocycles. The SMILES string of the molecule is CCCCCCCCCCCCC(CCCC)c1ncc[nH]1. The molecule has 1 aromatic rings. The van der Waals surface area contributed by atoms with Crippen molar-refractivity contribution in [3.05, 3.63) is 18.2 Å². The third-order valence-electron chi connectivity index (χ3n) is 4.72. The standard InChI is InChI=1S/C20H38N2/c1-3-5-7-8-9-10-11-12-13-14-16-19(15-6-4-2)20-21-17-18-22-20/h17-19H,3-16H2,1-2H3,(H,21,22). The molecule has 1 unspecified atom stereocenters. The van der Waals surface area contributed by atoms with E-state index in [1.165, 1.54) is 95.7 Å². The van der Waals surface area contributed by atoms with Crippen molar-refractivity contribution in [2.45, 2.75) is 110 Å². The molecule has 0 saturated carbocycles. The van der Waals surface area contributed by atoms with Crippen molar-refractivity contribution < 1.29 is 0 Å². The van der Waals surface area contributed by atoms with Crippen molar-refractivity contribution in [2.75, 3.05) is 0 Å². The summed E-state index contributed by atoms with van der Waals surface area (Å²) in [5.74, 6) is 1.87. The van der Waals surface area contributed by atoms with Crippen LogP contribution < -0.4 is 0 Å². The van der Waals surface area contributed by atoms with Crippen LogP contribution in [0.3, 0.4) is 0 Å². The summed E-state index contributed by atoms with van der Waals surface area (Å²) in [5, 5.41) is 0. The number of hydrogen-bond acceptors (Lipinski definition) is 1. The summed E-state index contributed by atoms with van der Waals surface area (Å²) in [6.45, 7) is 4.57. The molecule has 1 rings (SSSR count). The fraction of sp³-hybridized carbons (Fsp3) is 0.850. The smallest absolute Gasteiger partial charge is 0.109 e. The van der Waals surface area contributed by atoms with E-state index in [-0.39, 0.29) is 0 Å². The predicted molar refractivity (Wildman–Crippen MR) is 97.3 cm³/mol. The molecule has 0 radical (unpaired) electrons. The van der Waals surface area contributed by atoms with Gasteiger partial charge >= 0.3 is 0 Å². The second-order valence-electron chi connectivity index (χ2n) is 6.78. The molecule has 1 N–H and O–H groups in total. The van der Waals surface area contributed by atoms with Crippen molar-refractivity contribution in [1.29, 1.82) is 0 Å². The zero-order valence-corrected chi connectivity index (χ0v) is 15.1. The van der Waals surface area contributed by atoms with Gasteiger partial charge in [0, 0.05) is 18.3 Å². The molecule has 0 aliphatic carbocycles. The lowest BCUT2D eigenvalue weighted by Crippen LogP contribution is -2.01. The first-order valence-corrected chi connectivity index (χ1v) is 9.87. The van der Waals surface area contributed by atoms with Crippen LogP contribution in [0.4, 0.5) is 0 Å². The van der Waals surface area contributed by atoms with E-state index < -0.39 is 0 Å². The molecular weight excluding hydrogens is 268 g/mol. The number of hydrogen-bond donors (Lipinski definition) is 1. The van der Waals surface area contributed by atoms with E-state index in [1.54, 1.807) is 0 Å². The molecule has 128 valence electrons. The summed E-state index contributed by atoms with van der Waals surface area (Å²) in [6.07, 6.45) is 23.3. The number of aromatic nitrogens is 2. The lowest BCUT2D eigenvalue weighted by atomic mass is 9.94. The Morgan fingerprint density at radius 3 is 1.86 bits per heavy atom. The van der Waals surface area contributed by atoms with Crippen LogP contribution in [0.5, 0.6) is 0 Å². The highest BCUT2D eigenvalue weighted by molar-refractivity contribution is 4.96. The molecule has 2 nitrogen and oxygen atoms in total. The van der Waals surface area contributed by atoms with Crippen molar-refractivity contribution in [3.63, 3.8) is 0 Å². The van der Waals surface area contributed by atoms with Crippen LogP contribution in [0.15, 0.2) is 12.4 Å². The van der Waals surface area contributed by atoms with Crippen LogP contribution in [0.25, 0.3) is 0 Å². The number of H-pyrrole nitrogens is 1. The van der Waals surface area contributed by atoms with Gasteiger partial charge in [0.2, 0.25) is 0 Å². The van der Waals surface area contributed by atoms with Gasteiger partial charge in [0.1, 0.15) is 5.82 Å². The molecule has 1 atom stereocenters. The number of aromatic amines is 1. The van der Waals surface area contributed by atoms with Gasteiger partial charge in [-0.2, -0.15) is 0 Å². The Bertz CT molecular complexity index is 318. The quantitative estimate of drug-likeness (QED) is 0.347. The molecule has 0 aliphatic rings. The average molecular weight is 307 g/mol. The first-order valence-electron chi connectivity index (χ1n) is 9.87. The van der Waals surface area contributed by atoms with Crippen molar-refractivity contribution in [2.24, 2.45) is 0 Å². The van der Waals surface area contributed by atoms with E-state index in [9.17, 15) is 0 Å². The lowest BCUT2D eigenvalue weighted by Gasteiger charge is -2.14. The molecule has 22 heavy (non-hydrogen) atoms. The Labute approximate surface area is 138 Å². The Hall–Kier alpha value is -0.790. The van der Waals surface area contributed by atoms with Gasteiger partial charge in [0.25, 0.3) is 0 Å². The summed E-state index contributed by atoms with van der Waals surface area (Å²) >= 11 is 0. The van der Waals surface area contributed by atoms with Gasteiger partial charge in [-0.05, 0) is 12.8 Å². The zero-order valence-electron chi connectivity index (χ0n) is 15.1. The fourth-order valence-corrected chi connectivity index (χ4v) is 3.25. The maximum Gasteiger partial charge on any atom is 0.109 e. The molecule has 0 spiro atoms. The van der Waals surface area contributed by atoms with Gasteiger partial charge < -0.3 is 4.98 Å².